The van der Waals surface area contributed by atoms with Crippen LogP contribution >= 0.6 is 31.9 Å². The molecule has 0 atom stereocenters. The number of benzene rings is 2. The van der Waals surface area contributed by atoms with Crippen LogP contribution in [0.15, 0.2) is 21.1 Å². The standard InChI is InChI=1S/C24H28Br2O/c1-24(2,3)22-18(25)12-14-8-4-6-10-16(14)20(22)21-17-11-7-5-9-15(17)13-19(26)23(21)27/h12-13,27H,4-11H2,1-3H3. The number of rotatable bonds is 1. The molecule has 1 nitrogen and oxygen atoms in total. The molecule has 3 heteroatoms. The molecule has 0 aromatic heterocycles. The highest BCUT2D eigenvalue weighted by Gasteiger charge is 2.31. The third kappa shape index (κ3) is 3.40. The molecule has 0 fully saturated rings. The maximum Gasteiger partial charge on any atom is 0.137 e. The van der Waals surface area contributed by atoms with E-state index in [0.717, 1.165) is 35.7 Å². The average molecular weight is 492 g/mol. The van der Waals surface area contributed by atoms with Gasteiger partial charge in [-0.1, -0.05) is 36.7 Å². The SMILES string of the molecule is CC(C)(C)c1c(Br)cc2c(c1-c1c(O)c(Br)cc3c1CCCC3)CCCC2. The Balaban J connectivity index is 2.14. The Morgan fingerprint density at radius 1 is 0.741 bits per heavy atom. The van der Waals surface area contributed by atoms with Gasteiger partial charge in [-0.15, -0.1) is 0 Å². The lowest BCUT2D eigenvalue weighted by Crippen LogP contribution is -2.19. The zero-order chi connectivity index (χ0) is 19.3. The van der Waals surface area contributed by atoms with Crippen LogP contribution in [-0.4, -0.2) is 5.11 Å². The average Bonchev–Trinajstić information content (AvgIpc) is 2.61. The maximum atomic E-state index is 11.2. The van der Waals surface area contributed by atoms with Crippen molar-refractivity contribution in [1.29, 1.82) is 0 Å². The number of fused-ring (bicyclic) bond motifs is 2. The summed E-state index contributed by atoms with van der Waals surface area (Å²) < 4.78 is 2.03. The van der Waals surface area contributed by atoms with Crippen LogP contribution in [0, 0.1) is 0 Å². The van der Waals surface area contributed by atoms with Crippen molar-refractivity contribution >= 4 is 31.9 Å². The second kappa shape index (κ2) is 7.22. The van der Waals surface area contributed by atoms with Crippen LogP contribution in [0.5, 0.6) is 5.75 Å². The number of halogens is 2. The van der Waals surface area contributed by atoms with Crippen molar-refractivity contribution in [3.05, 3.63) is 48.9 Å². The first kappa shape index (κ1) is 19.5. The first-order chi connectivity index (χ1) is 12.8. The first-order valence-corrected chi connectivity index (χ1v) is 11.8. The zero-order valence-electron chi connectivity index (χ0n) is 16.5. The van der Waals surface area contributed by atoms with Crippen molar-refractivity contribution in [2.75, 3.05) is 0 Å². The van der Waals surface area contributed by atoms with E-state index in [-0.39, 0.29) is 5.41 Å². The lowest BCUT2D eigenvalue weighted by Gasteiger charge is -2.32. The van der Waals surface area contributed by atoms with E-state index in [2.05, 4.69) is 64.8 Å². The molecular weight excluding hydrogens is 464 g/mol. The van der Waals surface area contributed by atoms with Gasteiger partial charge in [-0.05, 0) is 118 Å². The van der Waals surface area contributed by atoms with Gasteiger partial charge in [-0.25, -0.2) is 0 Å². The number of aryl methyl sites for hydroxylation is 2. The Hall–Kier alpha value is -0.800. The molecule has 0 saturated carbocycles. The van der Waals surface area contributed by atoms with E-state index in [9.17, 15) is 5.11 Å². The predicted molar refractivity (Wildman–Crippen MR) is 121 cm³/mol. The van der Waals surface area contributed by atoms with Crippen LogP contribution in [-0.2, 0) is 31.1 Å². The van der Waals surface area contributed by atoms with Gasteiger partial charge in [-0.3, -0.25) is 0 Å². The molecule has 0 aliphatic heterocycles. The van der Waals surface area contributed by atoms with Crippen molar-refractivity contribution in [3.63, 3.8) is 0 Å². The fourth-order valence-corrected chi connectivity index (χ4v) is 6.55. The fraction of sp³-hybridized carbons (Fsp3) is 0.500. The van der Waals surface area contributed by atoms with Gasteiger partial charge in [0, 0.05) is 10.0 Å². The Labute approximate surface area is 179 Å². The van der Waals surface area contributed by atoms with Crippen LogP contribution in [0.4, 0.5) is 0 Å². The minimum absolute atomic E-state index is 0.00302. The summed E-state index contributed by atoms with van der Waals surface area (Å²) >= 11 is 7.56. The Kier molecular flexibility index (Phi) is 5.22. The van der Waals surface area contributed by atoms with E-state index in [0.29, 0.717) is 5.75 Å². The van der Waals surface area contributed by atoms with Gasteiger partial charge in [-0.2, -0.15) is 0 Å². The summed E-state index contributed by atoms with van der Waals surface area (Å²) in [4.78, 5) is 0. The van der Waals surface area contributed by atoms with Gasteiger partial charge in [0.1, 0.15) is 5.75 Å². The van der Waals surface area contributed by atoms with Crippen molar-refractivity contribution < 1.29 is 5.11 Å². The molecule has 0 bridgehead atoms. The predicted octanol–water partition coefficient (Wildman–Crippen LogP) is 7.64. The van der Waals surface area contributed by atoms with E-state index in [4.69, 9.17) is 0 Å². The summed E-state index contributed by atoms with van der Waals surface area (Å²) in [6, 6.07) is 4.49. The van der Waals surface area contributed by atoms with E-state index in [1.165, 1.54) is 63.5 Å². The first-order valence-electron chi connectivity index (χ1n) is 10.2. The lowest BCUT2D eigenvalue weighted by molar-refractivity contribution is 0.471. The molecule has 0 radical (unpaired) electrons. The quantitative estimate of drug-likeness (QED) is 0.434. The van der Waals surface area contributed by atoms with E-state index >= 15 is 0 Å². The molecule has 0 heterocycles. The normalized spacial score (nSPS) is 16.8. The third-order valence-corrected chi connectivity index (χ3v) is 7.41. The number of phenolic OH excluding ortho intramolecular Hbond substituents is 1. The molecule has 0 unspecified atom stereocenters. The Bertz CT molecular complexity index is 906. The van der Waals surface area contributed by atoms with Crippen molar-refractivity contribution in [2.45, 2.75) is 77.6 Å². The number of hydrogen-bond acceptors (Lipinski definition) is 1. The van der Waals surface area contributed by atoms with Gasteiger partial charge in [0.05, 0.1) is 4.47 Å². The van der Waals surface area contributed by atoms with Crippen LogP contribution in [0.2, 0.25) is 0 Å². The molecule has 2 aliphatic carbocycles. The number of hydrogen-bond donors (Lipinski definition) is 1. The lowest BCUT2D eigenvalue weighted by atomic mass is 9.73. The summed E-state index contributed by atoms with van der Waals surface area (Å²) in [5, 5.41) is 11.2. The maximum absolute atomic E-state index is 11.2. The van der Waals surface area contributed by atoms with Crippen molar-refractivity contribution in [1.82, 2.24) is 0 Å². The van der Waals surface area contributed by atoms with Gasteiger partial charge in [0.25, 0.3) is 0 Å². The summed E-state index contributed by atoms with van der Waals surface area (Å²) in [6.07, 6.45) is 9.38. The number of phenols is 1. The van der Waals surface area contributed by atoms with E-state index in [1.807, 2.05) is 0 Å². The van der Waals surface area contributed by atoms with Crippen molar-refractivity contribution in [2.24, 2.45) is 0 Å². The highest BCUT2D eigenvalue weighted by molar-refractivity contribution is 9.10. The van der Waals surface area contributed by atoms with E-state index in [1.54, 1.807) is 0 Å². The molecule has 1 N–H and O–H groups in total. The molecule has 2 aliphatic rings. The Morgan fingerprint density at radius 2 is 1.22 bits per heavy atom. The monoisotopic (exact) mass is 490 g/mol. The van der Waals surface area contributed by atoms with E-state index < -0.39 is 0 Å². The largest absolute Gasteiger partial charge is 0.506 e. The highest BCUT2D eigenvalue weighted by Crippen LogP contribution is 2.50. The summed E-state index contributed by atoms with van der Waals surface area (Å²) in [5.74, 6) is 0.423. The topological polar surface area (TPSA) is 20.2 Å². The molecule has 0 saturated heterocycles. The minimum Gasteiger partial charge on any atom is -0.506 e. The third-order valence-electron chi connectivity index (χ3n) is 6.18. The highest BCUT2D eigenvalue weighted by atomic mass is 79.9. The van der Waals surface area contributed by atoms with Crippen LogP contribution in [0.3, 0.4) is 0 Å². The fourth-order valence-electron chi connectivity index (χ4n) is 5.00. The second-order valence-corrected chi connectivity index (χ2v) is 10.8. The summed E-state index contributed by atoms with van der Waals surface area (Å²) in [5.41, 5.74) is 9.45. The molecule has 144 valence electrons. The number of aromatic hydroxyl groups is 1. The molecular formula is C24H28Br2O. The summed E-state index contributed by atoms with van der Waals surface area (Å²) in [6.45, 7) is 6.86. The van der Waals surface area contributed by atoms with Crippen molar-refractivity contribution in [3.8, 4) is 16.9 Å². The molecule has 0 spiro atoms. The molecule has 0 amide bonds. The smallest absolute Gasteiger partial charge is 0.137 e. The van der Waals surface area contributed by atoms with Gasteiger partial charge in [0.2, 0.25) is 0 Å². The minimum atomic E-state index is -0.00302. The van der Waals surface area contributed by atoms with Gasteiger partial charge in [0.15, 0.2) is 0 Å². The van der Waals surface area contributed by atoms with Gasteiger partial charge >= 0.3 is 0 Å². The second-order valence-electron chi connectivity index (χ2n) is 9.13. The molecule has 4 rings (SSSR count). The van der Waals surface area contributed by atoms with Crippen LogP contribution in [0.25, 0.3) is 11.1 Å². The molecule has 2 aromatic carbocycles. The molecule has 2 aromatic rings. The van der Waals surface area contributed by atoms with Crippen LogP contribution < -0.4 is 0 Å². The molecule has 27 heavy (non-hydrogen) atoms. The Morgan fingerprint density at radius 3 is 1.78 bits per heavy atom. The zero-order valence-corrected chi connectivity index (χ0v) is 19.7. The van der Waals surface area contributed by atoms with Gasteiger partial charge < -0.3 is 5.11 Å². The van der Waals surface area contributed by atoms with Crippen LogP contribution in [0.1, 0.15) is 74.3 Å². The summed E-state index contributed by atoms with van der Waals surface area (Å²) in [7, 11) is 0.